The minimum absolute atomic E-state index is 0.226. The summed E-state index contributed by atoms with van der Waals surface area (Å²) >= 11 is 0. The number of nitrogens with one attached hydrogen (secondary N) is 2. The number of hydrogen-bond donors (Lipinski definition) is 2. The van der Waals surface area contributed by atoms with Crippen LogP contribution in [-0.4, -0.2) is 10.9 Å². The van der Waals surface area contributed by atoms with Crippen molar-refractivity contribution in [1.29, 1.82) is 5.26 Å². The van der Waals surface area contributed by atoms with Crippen molar-refractivity contribution in [2.45, 2.75) is 6.92 Å². The maximum Gasteiger partial charge on any atom is 0.257 e. The molecule has 1 aromatic heterocycles. The Morgan fingerprint density at radius 1 is 1.04 bits per heavy atom. The molecule has 1 amide bonds. The number of hydrogen-bond acceptors (Lipinski definition) is 4. The number of anilines is 3. The van der Waals surface area contributed by atoms with Crippen LogP contribution in [0.1, 0.15) is 21.5 Å². The molecule has 25 heavy (non-hydrogen) atoms. The third-order valence-electron chi connectivity index (χ3n) is 3.67. The molecule has 0 saturated carbocycles. The summed E-state index contributed by atoms with van der Waals surface area (Å²) in [5.41, 5.74) is 4.21. The number of amides is 1. The van der Waals surface area contributed by atoms with Crippen molar-refractivity contribution in [1.82, 2.24) is 4.98 Å². The maximum atomic E-state index is 12.4. The number of pyridine rings is 1. The lowest BCUT2D eigenvalue weighted by molar-refractivity contribution is 0.102. The van der Waals surface area contributed by atoms with E-state index in [0.717, 1.165) is 16.9 Å². The zero-order valence-electron chi connectivity index (χ0n) is 13.7. The molecule has 3 aromatic rings. The summed E-state index contributed by atoms with van der Waals surface area (Å²) in [6.07, 6.45) is 3.15. The fourth-order valence-corrected chi connectivity index (χ4v) is 2.37. The number of para-hydroxylation sites is 1. The first-order valence-electron chi connectivity index (χ1n) is 7.75. The lowest BCUT2D eigenvalue weighted by atomic mass is 10.2. The van der Waals surface area contributed by atoms with Gasteiger partial charge in [0, 0.05) is 17.6 Å². The molecule has 3 rings (SSSR count). The summed E-state index contributed by atoms with van der Waals surface area (Å²) in [4.78, 5) is 16.6. The van der Waals surface area contributed by atoms with Crippen LogP contribution in [0.5, 0.6) is 0 Å². The van der Waals surface area contributed by atoms with Gasteiger partial charge in [-0.3, -0.25) is 9.78 Å². The molecule has 0 aliphatic carbocycles. The minimum atomic E-state index is -0.226. The first kappa shape index (κ1) is 16.2. The number of rotatable bonds is 4. The van der Waals surface area contributed by atoms with Crippen molar-refractivity contribution in [3.63, 3.8) is 0 Å². The fourth-order valence-electron chi connectivity index (χ4n) is 2.37. The van der Waals surface area contributed by atoms with Gasteiger partial charge in [-0.25, -0.2) is 0 Å². The van der Waals surface area contributed by atoms with Crippen LogP contribution in [0.15, 0.2) is 67.0 Å². The van der Waals surface area contributed by atoms with Crippen molar-refractivity contribution in [2.24, 2.45) is 0 Å². The van der Waals surface area contributed by atoms with E-state index in [9.17, 15) is 4.79 Å². The average Bonchev–Trinajstić information content (AvgIpc) is 2.64. The van der Waals surface area contributed by atoms with E-state index >= 15 is 0 Å². The fraction of sp³-hybridized carbons (Fsp3) is 0.0500. The molecule has 122 valence electrons. The van der Waals surface area contributed by atoms with Gasteiger partial charge in [-0.15, -0.1) is 0 Å². The van der Waals surface area contributed by atoms with E-state index in [4.69, 9.17) is 5.26 Å². The summed E-state index contributed by atoms with van der Waals surface area (Å²) in [6, 6.07) is 18.5. The van der Waals surface area contributed by atoms with E-state index in [1.165, 1.54) is 6.20 Å². The monoisotopic (exact) mass is 328 g/mol. The smallest absolute Gasteiger partial charge is 0.257 e. The number of nitrogens with zero attached hydrogens (tertiary/aromatic N) is 2. The van der Waals surface area contributed by atoms with Gasteiger partial charge < -0.3 is 10.6 Å². The Morgan fingerprint density at radius 2 is 1.88 bits per heavy atom. The molecular formula is C20H16N4O. The largest absolute Gasteiger partial charge is 0.354 e. The highest BCUT2D eigenvalue weighted by atomic mass is 16.1. The van der Waals surface area contributed by atoms with E-state index in [1.807, 2.05) is 37.3 Å². The number of nitriles is 1. The molecule has 5 nitrogen and oxygen atoms in total. The summed E-state index contributed by atoms with van der Waals surface area (Å²) in [5.74, 6) is -0.226. The normalized spacial score (nSPS) is 9.92. The molecule has 0 radical (unpaired) electrons. The highest BCUT2D eigenvalue weighted by Crippen LogP contribution is 2.19. The Labute approximate surface area is 146 Å². The molecule has 0 aliphatic rings. The van der Waals surface area contributed by atoms with Gasteiger partial charge in [-0.2, -0.15) is 5.26 Å². The van der Waals surface area contributed by atoms with Crippen molar-refractivity contribution < 1.29 is 4.79 Å². The maximum absolute atomic E-state index is 12.4. The van der Waals surface area contributed by atoms with E-state index in [-0.39, 0.29) is 5.91 Å². The lowest BCUT2D eigenvalue weighted by Gasteiger charge is -2.10. The van der Waals surface area contributed by atoms with Crippen LogP contribution in [0, 0.1) is 18.3 Å². The Kier molecular flexibility index (Phi) is 4.72. The van der Waals surface area contributed by atoms with E-state index < -0.39 is 0 Å². The zero-order valence-corrected chi connectivity index (χ0v) is 13.7. The van der Waals surface area contributed by atoms with Gasteiger partial charge in [0.25, 0.3) is 5.91 Å². The first-order valence-corrected chi connectivity index (χ1v) is 7.75. The molecule has 0 spiro atoms. The number of carbonyl (C=O) groups is 1. The molecule has 0 bridgehead atoms. The van der Waals surface area contributed by atoms with Crippen molar-refractivity contribution in [2.75, 3.05) is 10.6 Å². The Morgan fingerprint density at radius 3 is 2.68 bits per heavy atom. The Bertz CT molecular complexity index is 960. The van der Waals surface area contributed by atoms with Gasteiger partial charge in [0.1, 0.15) is 0 Å². The van der Waals surface area contributed by atoms with E-state index in [0.29, 0.717) is 16.8 Å². The predicted octanol–water partition coefficient (Wildman–Crippen LogP) is 4.26. The number of carbonyl (C=O) groups excluding carboxylic acids is 1. The van der Waals surface area contributed by atoms with Gasteiger partial charge in [0.05, 0.1) is 29.1 Å². The summed E-state index contributed by atoms with van der Waals surface area (Å²) < 4.78 is 0. The average molecular weight is 328 g/mol. The lowest BCUT2D eigenvalue weighted by Crippen LogP contribution is -2.13. The predicted molar refractivity (Wildman–Crippen MR) is 97.8 cm³/mol. The third kappa shape index (κ3) is 4.01. The van der Waals surface area contributed by atoms with Gasteiger partial charge in [-0.05, 0) is 42.8 Å². The highest BCUT2D eigenvalue weighted by Gasteiger charge is 2.09. The van der Waals surface area contributed by atoms with Crippen molar-refractivity contribution in [3.05, 3.63) is 83.7 Å². The van der Waals surface area contributed by atoms with Crippen LogP contribution in [0.4, 0.5) is 17.1 Å². The first-order chi connectivity index (χ1) is 12.2. The second-order valence-corrected chi connectivity index (χ2v) is 5.55. The highest BCUT2D eigenvalue weighted by molar-refractivity contribution is 6.05. The standard InChI is InChI=1S/C20H16N4O/c1-14-5-2-3-8-19(14)24-20(25)16-10-18(13-22-12-16)23-17-7-4-6-15(9-17)11-21/h2-10,12-13,23H,1H3,(H,24,25). The molecule has 0 fully saturated rings. The summed E-state index contributed by atoms with van der Waals surface area (Å²) in [5, 5.41) is 15.0. The second kappa shape index (κ2) is 7.28. The SMILES string of the molecule is Cc1ccccc1NC(=O)c1cncc(Nc2cccc(C#N)c2)c1. The third-order valence-corrected chi connectivity index (χ3v) is 3.67. The number of aromatic nitrogens is 1. The molecular weight excluding hydrogens is 312 g/mol. The molecule has 2 N–H and O–H groups in total. The van der Waals surface area contributed by atoms with Gasteiger partial charge >= 0.3 is 0 Å². The topological polar surface area (TPSA) is 77.8 Å². The summed E-state index contributed by atoms with van der Waals surface area (Å²) in [7, 11) is 0. The van der Waals surface area contributed by atoms with Crippen LogP contribution < -0.4 is 10.6 Å². The Hall–Kier alpha value is -3.65. The number of benzene rings is 2. The van der Waals surface area contributed by atoms with Crippen LogP contribution in [-0.2, 0) is 0 Å². The molecule has 0 atom stereocenters. The Balaban J connectivity index is 1.78. The zero-order chi connectivity index (χ0) is 17.6. The molecule has 1 heterocycles. The van der Waals surface area contributed by atoms with Crippen LogP contribution in [0.2, 0.25) is 0 Å². The van der Waals surface area contributed by atoms with Crippen molar-refractivity contribution in [3.8, 4) is 6.07 Å². The van der Waals surface area contributed by atoms with Crippen LogP contribution >= 0.6 is 0 Å². The number of aryl methyl sites for hydroxylation is 1. The van der Waals surface area contributed by atoms with Gasteiger partial charge in [0.2, 0.25) is 0 Å². The molecule has 5 heteroatoms. The molecule has 0 saturated heterocycles. The van der Waals surface area contributed by atoms with E-state index in [2.05, 4.69) is 21.7 Å². The van der Waals surface area contributed by atoms with E-state index in [1.54, 1.807) is 30.5 Å². The quantitative estimate of drug-likeness (QED) is 0.750. The second-order valence-electron chi connectivity index (χ2n) is 5.55. The minimum Gasteiger partial charge on any atom is -0.354 e. The van der Waals surface area contributed by atoms with Crippen LogP contribution in [0.3, 0.4) is 0 Å². The van der Waals surface area contributed by atoms with Gasteiger partial charge in [0.15, 0.2) is 0 Å². The van der Waals surface area contributed by atoms with Gasteiger partial charge in [-0.1, -0.05) is 24.3 Å². The van der Waals surface area contributed by atoms with Crippen molar-refractivity contribution >= 4 is 23.0 Å². The molecule has 0 unspecified atom stereocenters. The summed E-state index contributed by atoms with van der Waals surface area (Å²) in [6.45, 7) is 1.94. The molecule has 2 aromatic carbocycles. The van der Waals surface area contributed by atoms with Crippen LogP contribution in [0.25, 0.3) is 0 Å². The molecule has 0 aliphatic heterocycles.